The molecule has 1 aromatic rings. The molecule has 0 spiro atoms. The molecule has 0 aromatic heterocycles. The maximum absolute atomic E-state index is 12.4. The summed E-state index contributed by atoms with van der Waals surface area (Å²) in [6, 6.07) is 6.32. The maximum Gasteiger partial charge on any atom is 0.401 e. The van der Waals surface area contributed by atoms with Crippen LogP contribution in [0.2, 0.25) is 0 Å². The molecule has 1 N–H and O–H groups in total. The summed E-state index contributed by atoms with van der Waals surface area (Å²) < 4.78 is 47.9. The molecule has 2 aliphatic rings. The molecule has 3 rings (SSSR count). The van der Waals surface area contributed by atoms with E-state index in [1.165, 1.54) is 10.5 Å². The predicted octanol–water partition coefficient (Wildman–Crippen LogP) is 3.21. The van der Waals surface area contributed by atoms with Gasteiger partial charge in [0.25, 0.3) is 0 Å². The molecule has 0 aliphatic carbocycles. The Labute approximate surface area is 146 Å². The van der Waals surface area contributed by atoms with E-state index in [0.29, 0.717) is 25.0 Å². The van der Waals surface area contributed by atoms with Crippen molar-refractivity contribution >= 4 is 0 Å². The van der Waals surface area contributed by atoms with Gasteiger partial charge in [-0.1, -0.05) is 6.07 Å². The van der Waals surface area contributed by atoms with Crippen molar-refractivity contribution < 1.29 is 22.6 Å². The molecule has 1 aromatic carbocycles. The summed E-state index contributed by atoms with van der Waals surface area (Å²) in [4.78, 5) is 1.50. The Morgan fingerprint density at radius 3 is 2.88 bits per heavy atom. The monoisotopic (exact) mass is 358 g/mol. The van der Waals surface area contributed by atoms with E-state index >= 15 is 0 Å². The van der Waals surface area contributed by atoms with Crippen LogP contribution in [0.1, 0.15) is 25.3 Å². The normalized spacial score (nSPS) is 21.7. The van der Waals surface area contributed by atoms with Crippen molar-refractivity contribution in [2.24, 2.45) is 5.92 Å². The van der Waals surface area contributed by atoms with E-state index < -0.39 is 12.7 Å². The predicted molar refractivity (Wildman–Crippen MR) is 89.0 cm³/mol. The van der Waals surface area contributed by atoms with Gasteiger partial charge in [-0.2, -0.15) is 13.2 Å². The number of rotatable bonds is 7. The molecule has 0 bridgehead atoms. The lowest BCUT2D eigenvalue weighted by Gasteiger charge is -2.19. The molecule has 0 saturated carbocycles. The van der Waals surface area contributed by atoms with Gasteiger partial charge in [0.05, 0.1) is 6.54 Å². The Morgan fingerprint density at radius 2 is 2.08 bits per heavy atom. The van der Waals surface area contributed by atoms with Gasteiger partial charge in [0.15, 0.2) is 11.5 Å². The maximum atomic E-state index is 12.4. The molecule has 2 unspecified atom stereocenters. The third kappa shape index (κ3) is 5.51. The van der Waals surface area contributed by atoms with Crippen LogP contribution in [-0.2, 0) is 6.42 Å². The third-order valence-corrected chi connectivity index (χ3v) is 4.83. The summed E-state index contributed by atoms with van der Waals surface area (Å²) in [5, 5.41) is 3.47. The van der Waals surface area contributed by atoms with Crippen molar-refractivity contribution in [2.75, 3.05) is 33.0 Å². The molecule has 140 valence electrons. The van der Waals surface area contributed by atoms with Gasteiger partial charge >= 0.3 is 6.18 Å². The molecule has 1 fully saturated rings. The van der Waals surface area contributed by atoms with E-state index in [2.05, 4.69) is 12.2 Å². The van der Waals surface area contributed by atoms with Gasteiger partial charge in [-0.25, -0.2) is 0 Å². The summed E-state index contributed by atoms with van der Waals surface area (Å²) in [5.74, 6) is 1.89. The third-order valence-electron chi connectivity index (χ3n) is 4.83. The molecule has 0 radical (unpaired) electrons. The summed E-state index contributed by atoms with van der Waals surface area (Å²) in [7, 11) is 0. The number of fused-ring (bicyclic) bond motifs is 1. The average Bonchev–Trinajstić information content (AvgIpc) is 3.17. The summed E-state index contributed by atoms with van der Waals surface area (Å²) in [6.45, 7) is 3.46. The van der Waals surface area contributed by atoms with Gasteiger partial charge in [0, 0.05) is 12.6 Å². The molecule has 2 aliphatic heterocycles. The summed E-state index contributed by atoms with van der Waals surface area (Å²) in [5.41, 5.74) is 1.20. The van der Waals surface area contributed by atoms with E-state index in [1.54, 1.807) is 0 Å². The molecule has 4 nitrogen and oxygen atoms in total. The first kappa shape index (κ1) is 18.3. The average molecular weight is 358 g/mol. The van der Waals surface area contributed by atoms with Crippen LogP contribution < -0.4 is 14.8 Å². The van der Waals surface area contributed by atoms with Crippen molar-refractivity contribution in [3.63, 3.8) is 0 Å². The highest BCUT2D eigenvalue weighted by Crippen LogP contribution is 2.32. The second kappa shape index (κ2) is 7.83. The molecular formula is C18H25F3N2O2. The zero-order chi connectivity index (χ0) is 17.9. The highest BCUT2D eigenvalue weighted by atomic mass is 19.4. The molecule has 7 heteroatoms. The zero-order valence-corrected chi connectivity index (χ0v) is 14.4. The SMILES string of the molecule is CC(CCc1ccc2c(c1)OCO2)NCC1CCN(CC(F)(F)F)C1. The standard InChI is InChI=1S/C18H25F3N2O2/c1-13(2-3-14-4-5-16-17(8-14)25-12-24-16)22-9-15-6-7-23(10-15)11-18(19,20)21/h4-5,8,13,15,22H,2-3,6-7,9-12H2,1H3. The minimum atomic E-state index is -4.10. The van der Waals surface area contributed by atoms with Gasteiger partial charge in [0.1, 0.15) is 0 Å². The second-order valence-corrected chi connectivity index (χ2v) is 7.04. The lowest BCUT2D eigenvalue weighted by atomic mass is 10.0. The van der Waals surface area contributed by atoms with Crippen molar-refractivity contribution in [3.8, 4) is 11.5 Å². The number of halogens is 3. The van der Waals surface area contributed by atoms with E-state index in [0.717, 1.165) is 37.3 Å². The lowest BCUT2D eigenvalue weighted by molar-refractivity contribution is -0.143. The van der Waals surface area contributed by atoms with Gasteiger partial charge < -0.3 is 14.8 Å². The van der Waals surface area contributed by atoms with E-state index in [1.807, 2.05) is 18.2 Å². The van der Waals surface area contributed by atoms with Gasteiger partial charge in [-0.3, -0.25) is 4.90 Å². The van der Waals surface area contributed by atoms with Crippen molar-refractivity contribution in [3.05, 3.63) is 23.8 Å². The number of aryl methyl sites for hydroxylation is 1. The van der Waals surface area contributed by atoms with Crippen LogP contribution in [0.4, 0.5) is 13.2 Å². The van der Waals surface area contributed by atoms with E-state index in [-0.39, 0.29) is 6.79 Å². The van der Waals surface area contributed by atoms with Gasteiger partial charge in [-0.05, 0) is 62.9 Å². The Balaban J connectivity index is 1.35. The fourth-order valence-electron chi connectivity index (χ4n) is 3.43. The van der Waals surface area contributed by atoms with Crippen molar-refractivity contribution in [1.82, 2.24) is 10.2 Å². The van der Waals surface area contributed by atoms with Crippen molar-refractivity contribution in [2.45, 2.75) is 38.4 Å². The molecule has 1 saturated heterocycles. The Morgan fingerprint density at radius 1 is 1.28 bits per heavy atom. The highest BCUT2D eigenvalue weighted by Gasteiger charge is 2.34. The quantitative estimate of drug-likeness (QED) is 0.812. The number of ether oxygens (including phenoxy) is 2. The van der Waals surface area contributed by atoms with Crippen LogP contribution in [0.15, 0.2) is 18.2 Å². The number of alkyl halides is 3. The number of nitrogens with zero attached hydrogens (tertiary/aromatic N) is 1. The van der Waals surface area contributed by atoms with Crippen molar-refractivity contribution in [1.29, 1.82) is 0 Å². The van der Waals surface area contributed by atoms with Crippen LogP contribution in [0.5, 0.6) is 11.5 Å². The summed E-state index contributed by atoms with van der Waals surface area (Å²) >= 11 is 0. The van der Waals surface area contributed by atoms with Crippen LogP contribution in [0.25, 0.3) is 0 Å². The highest BCUT2D eigenvalue weighted by molar-refractivity contribution is 5.44. The first-order valence-corrected chi connectivity index (χ1v) is 8.80. The Bertz CT molecular complexity index is 580. The molecule has 2 atom stereocenters. The molecule has 25 heavy (non-hydrogen) atoms. The van der Waals surface area contributed by atoms with Crippen LogP contribution in [0, 0.1) is 5.92 Å². The second-order valence-electron chi connectivity index (χ2n) is 7.04. The largest absolute Gasteiger partial charge is 0.454 e. The number of benzene rings is 1. The molecule has 2 heterocycles. The van der Waals surface area contributed by atoms with Crippen LogP contribution >= 0.6 is 0 Å². The molecule has 0 amide bonds. The Kier molecular flexibility index (Phi) is 5.74. The Hall–Kier alpha value is -1.47. The first-order chi connectivity index (χ1) is 11.9. The van der Waals surface area contributed by atoms with Crippen LogP contribution in [0.3, 0.4) is 0 Å². The van der Waals surface area contributed by atoms with E-state index in [4.69, 9.17) is 9.47 Å². The summed E-state index contributed by atoms with van der Waals surface area (Å²) in [6.07, 6.45) is -1.37. The number of hydrogen-bond acceptors (Lipinski definition) is 4. The zero-order valence-electron chi connectivity index (χ0n) is 14.4. The fraction of sp³-hybridized carbons (Fsp3) is 0.667. The minimum Gasteiger partial charge on any atom is -0.454 e. The van der Waals surface area contributed by atoms with Crippen LogP contribution in [-0.4, -0.2) is 50.1 Å². The van der Waals surface area contributed by atoms with Gasteiger partial charge in [-0.15, -0.1) is 0 Å². The molecular weight excluding hydrogens is 333 g/mol. The van der Waals surface area contributed by atoms with Gasteiger partial charge in [0.2, 0.25) is 6.79 Å². The smallest absolute Gasteiger partial charge is 0.401 e. The first-order valence-electron chi connectivity index (χ1n) is 8.80. The number of likely N-dealkylation sites (tertiary alicyclic amines) is 1. The number of hydrogen-bond donors (Lipinski definition) is 1. The minimum absolute atomic E-state index is 0.281. The fourth-order valence-corrected chi connectivity index (χ4v) is 3.43. The lowest BCUT2D eigenvalue weighted by Crippen LogP contribution is -2.35. The van der Waals surface area contributed by atoms with E-state index in [9.17, 15) is 13.2 Å². The number of nitrogens with one attached hydrogen (secondary N) is 1. The topological polar surface area (TPSA) is 33.7 Å².